The molecule has 0 aliphatic carbocycles. The van der Waals surface area contributed by atoms with Crippen LogP contribution in [0.3, 0.4) is 0 Å². The van der Waals surface area contributed by atoms with Gasteiger partial charge in [-0.05, 0) is 5.92 Å². The quantitative estimate of drug-likeness (QED) is 0.686. The van der Waals surface area contributed by atoms with Crippen LogP contribution in [0.5, 0.6) is 5.75 Å². The molecule has 0 saturated heterocycles. The van der Waals surface area contributed by atoms with Gasteiger partial charge in [-0.25, -0.2) is 0 Å². The van der Waals surface area contributed by atoms with E-state index in [0.29, 0.717) is 5.92 Å². The van der Waals surface area contributed by atoms with Gasteiger partial charge in [0.25, 0.3) is 0 Å². The van der Waals surface area contributed by atoms with Gasteiger partial charge in [-0.15, -0.1) is 0 Å². The van der Waals surface area contributed by atoms with Crippen LogP contribution >= 0.6 is 0 Å². The Kier molecular flexibility index (Phi) is 3.14. The Morgan fingerprint density at radius 3 is 2.92 bits per heavy atom. The van der Waals surface area contributed by atoms with Crippen molar-refractivity contribution in [2.24, 2.45) is 13.0 Å². The molecular weight excluding hydrogens is 152 g/mol. The standard InChI is InChI=1S/C9H16N2O/c1-4-8(2)7-12-9-5-10-11(3)6-9/h5-6,8H,4,7H2,1-3H3. The first-order valence-corrected chi connectivity index (χ1v) is 4.33. The van der Waals surface area contributed by atoms with Crippen LogP contribution in [0, 0.1) is 5.92 Å². The summed E-state index contributed by atoms with van der Waals surface area (Å²) >= 11 is 0. The normalized spacial score (nSPS) is 12.9. The van der Waals surface area contributed by atoms with E-state index < -0.39 is 0 Å². The van der Waals surface area contributed by atoms with Crippen molar-refractivity contribution in [3.8, 4) is 5.75 Å². The molecule has 0 saturated carbocycles. The first-order chi connectivity index (χ1) is 5.72. The fourth-order valence-electron chi connectivity index (χ4n) is 0.830. The van der Waals surface area contributed by atoms with Crippen molar-refractivity contribution in [2.75, 3.05) is 6.61 Å². The zero-order chi connectivity index (χ0) is 8.97. The molecule has 12 heavy (non-hydrogen) atoms. The largest absolute Gasteiger partial charge is 0.490 e. The minimum absolute atomic E-state index is 0.616. The highest BCUT2D eigenvalue weighted by Crippen LogP contribution is 2.09. The van der Waals surface area contributed by atoms with Crippen LogP contribution in [-0.4, -0.2) is 16.4 Å². The monoisotopic (exact) mass is 168 g/mol. The summed E-state index contributed by atoms with van der Waals surface area (Å²) in [6.45, 7) is 5.12. The lowest BCUT2D eigenvalue weighted by molar-refractivity contribution is 0.256. The molecule has 1 aromatic rings. The molecule has 1 atom stereocenters. The Labute approximate surface area is 73.3 Å². The zero-order valence-corrected chi connectivity index (χ0v) is 7.95. The number of hydrogen-bond donors (Lipinski definition) is 0. The Morgan fingerprint density at radius 2 is 2.42 bits per heavy atom. The van der Waals surface area contributed by atoms with Crippen LogP contribution in [0.4, 0.5) is 0 Å². The van der Waals surface area contributed by atoms with Crippen molar-refractivity contribution in [2.45, 2.75) is 20.3 Å². The SMILES string of the molecule is CCC(C)COc1cnn(C)c1. The molecule has 1 aromatic heterocycles. The van der Waals surface area contributed by atoms with E-state index in [2.05, 4.69) is 18.9 Å². The van der Waals surface area contributed by atoms with E-state index in [1.54, 1.807) is 10.9 Å². The van der Waals surface area contributed by atoms with Crippen LogP contribution in [0.1, 0.15) is 20.3 Å². The van der Waals surface area contributed by atoms with Crippen LogP contribution in [0.15, 0.2) is 12.4 Å². The average molecular weight is 168 g/mol. The summed E-state index contributed by atoms with van der Waals surface area (Å²) in [5, 5.41) is 4.01. The molecule has 0 N–H and O–H groups in total. The van der Waals surface area contributed by atoms with Gasteiger partial charge in [0.15, 0.2) is 5.75 Å². The highest BCUT2D eigenvalue weighted by Gasteiger charge is 2.00. The van der Waals surface area contributed by atoms with Gasteiger partial charge in [-0.1, -0.05) is 20.3 Å². The Hall–Kier alpha value is -0.990. The van der Waals surface area contributed by atoms with Gasteiger partial charge in [-0.2, -0.15) is 5.10 Å². The summed E-state index contributed by atoms with van der Waals surface area (Å²) in [7, 11) is 1.89. The van der Waals surface area contributed by atoms with Gasteiger partial charge in [0, 0.05) is 7.05 Å². The van der Waals surface area contributed by atoms with E-state index in [1.807, 2.05) is 13.2 Å². The van der Waals surface area contributed by atoms with E-state index in [4.69, 9.17) is 4.74 Å². The minimum Gasteiger partial charge on any atom is -0.490 e. The number of ether oxygens (including phenoxy) is 1. The zero-order valence-electron chi connectivity index (χ0n) is 7.95. The molecule has 1 unspecified atom stereocenters. The van der Waals surface area contributed by atoms with Crippen molar-refractivity contribution in [3.05, 3.63) is 12.4 Å². The molecule has 0 aliphatic heterocycles. The van der Waals surface area contributed by atoms with E-state index in [-0.39, 0.29) is 0 Å². The summed E-state index contributed by atoms with van der Waals surface area (Å²) in [4.78, 5) is 0. The van der Waals surface area contributed by atoms with Gasteiger partial charge < -0.3 is 4.74 Å². The fraction of sp³-hybridized carbons (Fsp3) is 0.667. The lowest BCUT2D eigenvalue weighted by Crippen LogP contribution is -2.06. The molecule has 0 fully saturated rings. The molecule has 0 bridgehead atoms. The summed E-state index contributed by atoms with van der Waals surface area (Å²) in [6, 6.07) is 0. The Morgan fingerprint density at radius 1 is 1.67 bits per heavy atom. The molecular formula is C9H16N2O. The summed E-state index contributed by atoms with van der Waals surface area (Å²) in [5.41, 5.74) is 0. The minimum atomic E-state index is 0.616. The molecule has 0 aromatic carbocycles. The average Bonchev–Trinajstić information content (AvgIpc) is 2.47. The number of hydrogen-bond acceptors (Lipinski definition) is 2. The van der Waals surface area contributed by atoms with Gasteiger partial charge in [0.2, 0.25) is 0 Å². The van der Waals surface area contributed by atoms with Gasteiger partial charge >= 0.3 is 0 Å². The van der Waals surface area contributed by atoms with Crippen LogP contribution < -0.4 is 4.74 Å². The van der Waals surface area contributed by atoms with E-state index >= 15 is 0 Å². The molecule has 3 nitrogen and oxygen atoms in total. The number of rotatable bonds is 4. The van der Waals surface area contributed by atoms with Crippen molar-refractivity contribution in [3.63, 3.8) is 0 Å². The first-order valence-electron chi connectivity index (χ1n) is 4.33. The molecule has 0 amide bonds. The van der Waals surface area contributed by atoms with Gasteiger partial charge in [0.05, 0.1) is 19.0 Å². The van der Waals surface area contributed by atoms with Crippen LogP contribution in [0.2, 0.25) is 0 Å². The summed E-state index contributed by atoms with van der Waals surface area (Å²) in [6.07, 6.45) is 4.77. The molecule has 0 radical (unpaired) electrons. The molecule has 1 rings (SSSR count). The smallest absolute Gasteiger partial charge is 0.157 e. The van der Waals surface area contributed by atoms with Crippen molar-refractivity contribution < 1.29 is 4.74 Å². The van der Waals surface area contributed by atoms with E-state index in [1.165, 1.54) is 0 Å². The number of aromatic nitrogens is 2. The van der Waals surface area contributed by atoms with Gasteiger partial charge in [-0.3, -0.25) is 4.68 Å². The topological polar surface area (TPSA) is 27.1 Å². The van der Waals surface area contributed by atoms with Crippen molar-refractivity contribution in [1.29, 1.82) is 0 Å². The molecule has 1 heterocycles. The Bertz CT molecular complexity index is 232. The third kappa shape index (κ3) is 2.57. The summed E-state index contributed by atoms with van der Waals surface area (Å²) in [5.74, 6) is 1.48. The molecule has 3 heteroatoms. The Balaban J connectivity index is 2.33. The third-order valence-electron chi connectivity index (χ3n) is 1.91. The maximum Gasteiger partial charge on any atom is 0.157 e. The maximum atomic E-state index is 5.50. The lowest BCUT2D eigenvalue weighted by atomic mass is 10.1. The highest BCUT2D eigenvalue weighted by molar-refractivity contribution is 5.11. The molecule has 0 spiro atoms. The number of nitrogens with zero attached hydrogens (tertiary/aromatic N) is 2. The second-order valence-electron chi connectivity index (χ2n) is 3.17. The molecule has 68 valence electrons. The predicted octanol–water partition coefficient (Wildman–Crippen LogP) is 1.84. The van der Waals surface area contributed by atoms with Crippen molar-refractivity contribution in [1.82, 2.24) is 9.78 Å². The van der Waals surface area contributed by atoms with Crippen molar-refractivity contribution >= 4 is 0 Å². The highest BCUT2D eigenvalue weighted by atomic mass is 16.5. The molecule has 0 aliphatic rings. The summed E-state index contributed by atoms with van der Waals surface area (Å²) < 4.78 is 7.24. The van der Waals surface area contributed by atoms with Gasteiger partial charge in [0.1, 0.15) is 0 Å². The maximum absolute atomic E-state index is 5.50. The third-order valence-corrected chi connectivity index (χ3v) is 1.91. The van der Waals surface area contributed by atoms with E-state index in [0.717, 1.165) is 18.8 Å². The second kappa shape index (κ2) is 4.14. The first kappa shape index (κ1) is 9.10. The van der Waals surface area contributed by atoms with Crippen LogP contribution in [-0.2, 0) is 7.05 Å². The van der Waals surface area contributed by atoms with Crippen LogP contribution in [0.25, 0.3) is 0 Å². The fourth-order valence-corrected chi connectivity index (χ4v) is 0.830. The predicted molar refractivity (Wildman–Crippen MR) is 48.2 cm³/mol. The van der Waals surface area contributed by atoms with E-state index in [9.17, 15) is 0 Å². The second-order valence-corrected chi connectivity index (χ2v) is 3.17. The lowest BCUT2D eigenvalue weighted by Gasteiger charge is -2.08. The number of aryl methyl sites for hydroxylation is 1.